The lowest BCUT2D eigenvalue weighted by atomic mass is 10.1. The van der Waals surface area contributed by atoms with Gasteiger partial charge in [-0.1, -0.05) is 42.2 Å². The maximum absolute atomic E-state index is 12.7. The molecule has 5 nitrogen and oxygen atoms in total. The lowest BCUT2D eigenvalue weighted by molar-refractivity contribution is -0.116. The van der Waals surface area contributed by atoms with Crippen molar-refractivity contribution in [2.75, 3.05) is 10.7 Å². The zero-order valence-electron chi connectivity index (χ0n) is 14.0. The Balaban J connectivity index is 1.95. The zero-order chi connectivity index (χ0) is 17.8. The molecule has 0 N–H and O–H groups in total. The summed E-state index contributed by atoms with van der Waals surface area (Å²) in [6.07, 6.45) is 2.46. The smallest absolute Gasteiger partial charge is 0.239 e. The summed E-state index contributed by atoms with van der Waals surface area (Å²) in [5.41, 5.74) is 2.09. The molecule has 2 aromatic heterocycles. The number of hydrogen-bond donors (Lipinski definition) is 0. The Morgan fingerprint density at radius 3 is 2.80 bits per heavy atom. The number of thioether (sulfide) groups is 1. The summed E-state index contributed by atoms with van der Waals surface area (Å²) in [7, 11) is 0. The number of benzene rings is 1. The molecule has 0 bridgehead atoms. The van der Waals surface area contributed by atoms with Gasteiger partial charge >= 0.3 is 0 Å². The fourth-order valence-electron chi connectivity index (χ4n) is 2.46. The third kappa shape index (κ3) is 4.11. The molecule has 130 valence electrons. The van der Waals surface area contributed by atoms with Crippen molar-refractivity contribution in [1.29, 1.82) is 0 Å². The molecule has 0 spiro atoms. The highest BCUT2D eigenvalue weighted by atomic mass is 32.2. The molecule has 0 unspecified atom stereocenters. The van der Waals surface area contributed by atoms with Crippen LogP contribution in [0.1, 0.15) is 25.2 Å². The number of nitrogens with zero attached hydrogens (tertiary/aromatic N) is 2. The molecule has 0 saturated heterocycles. The standard InChI is InChI=1S/C18H18N2O3S2/c1-3-13-6-4-8-15-17(13)19-18(25-15)20(10-14-7-5-9-23-14)16(22)11-24-12(2)21/h4-9H,3,10-11H2,1-2H3. The number of aryl methyl sites for hydroxylation is 1. The van der Waals surface area contributed by atoms with Crippen molar-refractivity contribution in [3.8, 4) is 0 Å². The third-order valence-electron chi connectivity index (χ3n) is 3.70. The number of rotatable bonds is 6. The molecule has 3 rings (SSSR count). The van der Waals surface area contributed by atoms with Crippen molar-refractivity contribution in [3.05, 3.63) is 47.9 Å². The average molecular weight is 374 g/mol. The Morgan fingerprint density at radius 2 is 2.12 bits per heavy atom. The van der Waals surface area contributed by atoms with Crippen LogP contribution in [-0.2, 0) is 22.6 Å². The number of carbonyl (C=O) groups excluding carboxylic acids is 2. The highest BCUT2D eigenvalue weighted by Gasteiger charge is 2.22. The van der Waals surface area contributed by atoms with Crippen molar-refractivity contribution in [2.45, 2.75) is 26.8 Å². The van der Waals surface area contributed by atoms with Gasteiger partial charge in [0, 0.05) is 6.92 Å². The van der Waals surface area contributed by atoms with E-state index in [0.717, 1.165) is 34.0 Å². The van der Waals surface area contributed by atoms with Crippen LogP contribution < -0.4 is 4.90 Å². The second-order valence-corrected chi connectivity index (χ2v) is 7.61. The summed E-state index contributed by atoms with van der Waals surface area (Å²) in [4.78, 5) is 30.2. The fraction of sp³-hybridized carbons (Fsp3) is 0.278. The molecule has 0 radical (unpaired) electrons. The van der Waals surface area contributed by atoms with E-state index in [-0.39, 0.29) is 16.8 Å². The Bertz CT molecular complexity index is 887. The molecule has 1 amide bonds. The topological polar surface area (TPSA) is 63.4 Å². The van der Waals surface area contributed by atoms with Crippen molar-refractivity contribution in [1.82, 2.24) is 4.98 Å². The molecule has 2 heterocycles. The number of amides is 1. The van der Waals surface area contributed by atoms with E-state index in [4.69, 9.17) is 9.40 Å². The molecule has 0 fully saturated rings. The van der Waals surface area contributed by atoms with E-state index in [1.54, 1.807) is 17.2 Å². The third-order valence-corrected chi connectivity index (χ3v) is 5.54. The van der Waals surface area contributed by atoms with Crippen LogP contribution in [-0.4, -0.2) is 21.8 Å². The number of anilines is 1. The van der Waals surface area contributed by atoms with Gasteiger partial charge in [-0.3, -0.25) is 14.5 Å². The number of furan rings is 1. The van der Waals surface area contributed by atoms with Crippen LogP contribution in [0, 0.1) is 0 Å². The van der Waals surface area contributed by atoms with Crippen LogP contribution in [0.25, 0.3) is 10.2 Å². The summed E-state index contributed by atoms with van der Waals surface area (Å²) >= 11 is 2.48. The molecule has 7 heteroatoms. The number of hydrogen-bond acceptors (Lipinski definition) is 6. The molecular formula is C18H18N2O3S2. The van der Waals surface area contributed by atoms with Crippen LogP contribution in [0.3, 0.4) is 0 Å². The number of fused-ring (bicyclic) bond motifs is 1. The minimum Gasteiger partial charge on any atom is -0.467 e. The maximum atomic E-state index is 12.7. The van der Waals surface area contributed by atoms with Crippen LogP contribution in [0.15, 0.2) is 41.0 Å². The average Bonchev–Trinajstić information content (AvgIpc) is 3.26. The highest BCUT2D eigenvalue weighted by Crippen LogP contribution is 2.32. The molecule has 0 atom stereocenters. The van der Waals surface area contributed by atoms with Gasteiger partial charge in [0.1, 0.15) is 5.76 Å². The summed E-state index contributed by atoms with van der Waals surface area (Å²) in [6.45, 7) is 3.84. The SMILES string of the molecule is CCc1cccc2sc(N(Cc3ccco3)C(=O)CSC(C)=O)nc12. The first-order chi connectivity index (χ1) is 12.1. The van der Waals surface area contributed by atoms with Gasteiger partial charge in [-0.15, -0.1) is 0 Å². The Labute approximate surface area is 154 Å². The normalized spacial score (nSPS) is 11.0. The lowest BCUT2D eigenvalue weighted by Crippen LogP contribution is -2.32. The van der Waals surface area contributed by atoms with E-state index in [1.165, 1.54) is 18.3 Å². The number of thiazole rings is 1. The largest absolute Gasteiger partial charge is 0.467 e. The van der Waals surface area contributed by atoms with Gasteiger partial charge in [0.25, 0.3) is 0 Å². The first-order valence-corrected chi connectivity index (χ1v) is 9.73. The van der Waals surface area contributed by atoms with Crippen molar-refractivity contribution in [2.24, 2.45) is 0 Å². The molecule has 25 heavy (non-hydrogen) atoms. The molecule has 0 aliphatic rings. The van der Waals surface area contributed by atoms with Gasteiger partial charge in [0.2, 0.25) is 5.91 Å². The van der Waals surface area contributed by atoms with E-state index in [2.05, 4.69) is 13.0 Å². The van der Waals surface area contributed by atoms with Crippen molar-refractivity contribution < 1.29 is 14.0 Å². The molecule has 0 aliphatic carbocycles. The summed E-state index contributed by atoms with van der Waals surface area (Å²) in [5.74, 6) is 0.608. The van der Waals surface area contributed by atoms with Gasteiger partial charge in [-0.25, -0.2) is 4.98 Å². The minimum absolute atomic E-state index is 0.0798. The summed E-state index contributed by atoms with van der Waals surface area (Å²) < 4.78 is 6.44. The predicted molar refractivity (Wildman–Crippen MR) is 102 cm³/mol. The second-order valence-electron chi connectivity index (χ2n) is 5.45. The quantitative estimate of drug-likeness (QED) is 0.645. The number of aromatic nitrogens is 1. The van der Waals surface area contributed by atoms with Gasteiger partial charge in [-0.2, -0.15) is 0 Å². The molecule has 1 aromatic carbocycles. The van der Waals surface area contributed by atoms with Crippen LogP contribution in [0.5, 0.6) is 0 Å². The van der Waals surface area contributed by atoms with Crippen LogP contribution in [0.2, 0.25) is 0 Å². The Hall–Kier alpha value is -2.12. The van der Waals surface area contributed by atoms with Crippen molar-refractivity contribution >= 4 is 49.5 Å². The van der Waals surface area contributed by atoms with Crippen molar-refractivity contribution in [3.63, 3.8) is 0 Å². The van der Waals surface area contributed by atoms with Gasteiger partial charge in [-0.05, 0) is 30.2 Å². The van der Waals surface area contributed by atoms with Gasteiger partial charge in [0.15, 0.2) is 10.2 Å². The molecule has 0 aliphatic heterocycles. The first-order valence-electron chi connectivity index (χ1n) is 7.93. The Morgan fingerprint density at radius 1 is 1.28 bits per heavy atom. The van der Waals surface area contributed by atoms with Crippen LogP contribution in [0.4, 0.5) is 5.13 Å². The fourth-order valence-corrected chi connectivity index (χ4v) is 3.97. The van der Waals surface area contributed by atoms with E-state index in [1.807, 2.05) is 18.2 Å². The van der Waals surface area contributed by atoms with E-state index < -0.39 is 0 Å². The zero-order valence-corrected chi connectivity index (χ0v) is 15.7. The molecular weight excluding hydrogens is 356 g/mol. The predicted octanol–water partition coefficient (Wildman–Crippen LogP) is 4.26. The number of para-hydroxylation sites is 1. The second kappa shape index (κ2) is 7.84. The van der Waals surface area contributed by atoms with E-state index in [0.29, 0.717) is 17.4 Å². The maximum Gasteiger partial charge on any atom is 0.239 e. The minimum atomic E-state index is -0.159. The van der Waals surface area contributed by atoms with Gasteiger partial charge < -0.3 is 4.42 Å². The van der Waals surface area contributed by atoms with Crippen LogP contribution >= 0.6 is 23.1 Å². The summed E-state index contributed by atoms with van der Waals surface area (Å²) in [6, 6.07) is 9.68. The van der Waals surface area contributed by atoms with Gasteiger partial charge in [0.05, 0.1) is 28.8 Å². The first kappa shape index (κ1) is 17.7. The monoisotopic (exact) mass is 374 g/mol. The van der Waals surface area contributed by atoms with E-state index in [9.17, 15) is 9.59 Å². The highest BCUT2D eigenvalue weighted by molar-refractivity contribution is 8.14. The lowest BCUT2D eigenvalue weighted by Gasteiger charge is -2.18. The molecule has 0 saturated carbocycles. The number of carbonyl (C=O) groups is 2. The summed E-state index contributed by atoms with van der Waals surface area (Å²) in [5, 5.41) is 0.547. The Kier molecular flexibility index (Phi) is 5.55. The molecule has 3 aromatic rings. The van der Waals surface area contributed by atoms with E-state index >= 15 is 0 Å².